The van der Waals surface area contributed by atoms with Crippen molar-refractivity contribution in [1.82, 2.24) is 0 Å². The lowest BCUT2D eigenvalue weighted by Gasteiger charge is -1.87. The molecule has 0 aliphatic heterocycles. The zero-order valence-corrected chi connectivity index (χ0v) is 5.30. The van der Waals surface area contributed by atoms with Crippen LogP contribution in [0.2, 0.25) is 0 Å². The summed E-state index contributed by atoms with van der Waals surface area (Å²) in [4.78, 5) is 0. The van der Waals surface area contributed by atoms with Crippen molar-refractivity contribution in [3.05, 3.63) is 25.3 Å². The molecule has 0 aliphatic carbocycles. The van der Waals surface area contributed by atoms with Gasteiger partial charge in [-0.1, -0.05) is 12.2 Å². The Morgan fingerprint density at radius 3 is 1.50 bits per heavy atom. The molecule has 0 aliphatic rings. The number of hydrogen-bond acceptors (Lipinski definition) is 2. The first-order valence-electron chi connectivity index (χ1n) is 2.39. The Balaban J connectivity index is 0. The largest absolute Gasteiger partial charge is 0.313 e. The van der Waals surface area contributed by atoms with Gasteiger partial charge in [-0.15, -0.1) is 13.2 Å². The molecule has 0 atom stereocenters. The third kappa shape index (κ3) is 53.3. The quantitative estimate of drug-likeness (QED) is 0.387. The van der Waals surface area contributed by atoms with Crippen molar-refractivity contribution < 1.29 is 0 Å². The van der Waals surface area contributed by atoms with Gasteiger partial charge in [0.1, 0.15) is 0 Å². The maximum absolute atomic E-state index is 4.95. The lowest BCUT2D eigenvalue weighted by Crippen LogP contribution is -2.26. The van der Waals surface area contributed by atoms with E-state index in [2.05, 4.69) is 13.2 Å². The number of allylic oxidation sites excluding steroid dienone is 1. The van der Waals surface area contributed by atoms with Crippen LogP contribution in [0.15, 0.2) is 25.3 Å². The Morgan fingerprint density at radius 2 is 1.50 bits per heavy atom. The first kappa shape index (κ1) is 10.4. The highest BCUT2D eigenvalue weighted by molar-refractivity contribution is 4.75. The number of nitrogens with two attached hydrogens (primary N) is 2. The van der Waals surface area contributed by atoms with Gasteiger partial charge in [0.05, 0.1) is 6.17 Å². The van der Waals surface area contributed by atoms with Crippen LogP contribution in [-0.4, -0.2) is 6.17 Å². The molecule has 0 radical (unpaired) electrons. The summed E-state index contributed by atoms with van der Waals surface area (Å²) in [7, 11) is 0. The highest BCUT2D eigenvalue weighted by atomic mass is 14.8. The van der Waals surface area contributed by atoms with E-state index in [1.807, 2.05) is 6.92 Å². The molecular formula is C6H14N2. The van der Waals surface area contributed by atoms with Gasteiger partial charge in [-0.25, -0.2) is 0 Å². The normalized spacial score (nSPS) is 7.00. The summed E-state index contributed by atoms with van der Waals surface area (Å²) in [5, 5.41) is 0. The van der Waals surface area contributed by atoms with E-state index in [9.17, 15) is 0 Å². The molecule has 0 saturated heterocycles. The van der Waals surface area contributed by atoms with E-state index < -0.39 is 0 Å². The van der Waals surface area contributed by atoms with Crippen molar-refractivity contribution in [3.63, 3.8) is 0 Å². The molecule has 0 aromatic carbocycles. The van der Waals surface area contributed by atoms with E-state index >= 15 is 0 Å². The van der Waals surface area contributed by atoms with Crippen LogP contribution < -0.4 is 11.5 Å². The second-order valence-corrected chi connectivity index (χ2v) is 1.22. The van der Waals surface area contributed by atoms with Gasteiger partial charge in [-0.2, -0.15) is 0 Å². The molecule has 0 rings (SSSR count). The van der Waals surface area contributed by atoms with Crippen LogP contribution >= 0.6 is 0 Å². The Hall–Kier alpha value is -0.600. The summed E-state index contributed by atoms with van der Waals surface area (Å²) in [5.41, 5.74) is 9.90. The Kier molecular flexibility index (Phi) is 12.5. The molecule has 0 aromatic rings. The highest BCUT2D eigenvalue weighted by Crippen LogP contribution is 1.55. The van der Waals surface area contributed by atoms with Crippen molar-refractivity contribution in [2.75, 3.05) is 0 Å². The fourth-order valence-electron chi connectivity index (χ4n) is 0. The van der Waals surface area contributed by atoms with E-state index in [1.54, 1.807) is 6.08 Å². The summed E-state index contributed by atoms with van der Waals surface area (Å²) in [6.07, 6.45) is 2.87. The fourth-order valence-corrected chi connectivity index (χ4v) is 0. The van der Waals surface area contributed by atoms with Gasteiger partial charge in [-0.05, 0) is 6.92 Å². The zero-order valence-electron chi connectivity index (χ0n) is 5.30. The first-order chi connectivity index (χ1) is 3.68. The Bertz CT molecular complexity index is 57.5. The van der Waals surface area contributed by atoms with Crippen LogP contribution in [0.5, 0.6) is 0 Å². The minimum absolute atomic E-state index is 0.352. The minimum Gasteiger partial charge on any atom is -0.313 e. The molecule has 0 fully saturated rings. The summed E-state index contributed by atoms with van der Waals surface area (Å²) >= 11 is 0. The lowest BCUT2D eigenvalue weighted by molar-refractivity contribution is 0.878. The molecule has 0 spiro atoms. The second-order valence-electron chi connectivity index (χ2n) is 1.22. The number of rotatable bonds is 1. The molecule has 0 bridgehead atoms. The highest BCUT2D eigenvalue weighted by Gasteiger charge is 1.72. The third-order valence-corrected chi connectivity index (χ3v) is 0.272. The fraction of sp³-hybridized carbons (Fsp3) is 0.333. The molecule has 48 valence electrons. The van der Waals surface area contributed by atoms with Crippen molar-refractivity contribution in [1.29, 1.82) is 0 Å². The number of hydrogen-bond donors (Lipinski definition) is 2. The molecule has 2 heteroatoms. The van der Waals surface area contributed by atoms with Crippen LogP contribution in [0.25, 0.3) is 0 Å². The molecule has 0 amide bonds. The van der Waals surface area contributed by atoms with E-state index in [0.717, 1.165) is 0 Å². The topological polar surface area (TPSA) is 52.0 Å². The predicted octanol–water partition coefficient (Wildman–Crippen LogP) is 0.608. The van der Waals surface area contributed by atoms with Gasteiger partial charge in [0.25, 0.3) is 0 Å². The zero-order chi connectivity index (χ0) is 6.99. The smallest absolute Gasteiger partial charge is 0.0710 e. The van der Waals surface area contributed by atoms with E-state index in [0.29, 0.717) is 0 Å². The van der Waals surface area contributed by atoms with Gasteiger partial charge >= 0.3 is 0 Å². The van der Waals surface area contributed by atoms with Crippen molar-refractivity contribution in [2.45, 2.75) is 13.1 Å². The maximum atomic E-state index is 4.95. The Labute approximate surface area is 50.9 Å². The van der Waals surface area contributed by atoms with Gasteiger partial charge in [0.2, 0.25) is 0 Å². The van der Waals surface area contributed by atoms with Crippen LogP contribution in [0.4, 0.5) is 0 Å². The SMILES string of the molecule is C=CC.C=CC(N)N. The van der Waals surface area contributed by atoms with Crippen LogP contribution in [0.1, 0.15) is 6.92 Å². The molecule has 0 unspecified atom stereocenters. The monoisotopic (exact) mass is 114 g/mol. The average Bonchev–Trinajstić information content (AvgIpc) is 1.69. The molecule has 0 saturated carbocycles. The summed E-state index contributed by atoms with van der Waals surface area (Å²) < 4.78 is 0. The minimum atomic E-state index is -0.352. The van der Waals surface area contributed by atoms with Gasteiger partial charge in [-0.3, -0.25) is 0 Å². The molecule has 0 aromatic heterocycles. The molecule has 8 heavy (non-hydrogen) atoms. The van der Waals surface area contributed by atoms with Crippen molar-refractivity contribution >= 4 is 0 Å². The van der Waals surface area contributed by atoms with Gasteiger partial charge in [0.15, 0.2) is 0 Å². The van der Waals surface area contributed by atoms with Crippen LogP contribution in [0.3, 0.4) is 0 Å². The van der Waals surface area contributed by atoms with Crippen molar-refractivity contribution in [3.8, 4) is 0 Å². The van der Waals surface area contributed by atoms with Crippen molar-refractivity contribution in [2.24, 2.45) is 11.5 Å². The first-order valence-corrected chi connectivity index (χ1v) is 2.39. The van der Waals surface area contributed by atoms with Gasteiger partial charge in [0, 0.05) is 0 Å². The second kappa shape index (κ2) is 9.64. The average molecular weight is 114 g/mol. The van der Waals surface area contributed by atoms with Gasteiger partial charge < -0.3 is 11.5 Å². The summed E-state index contributed by atoms with van der Waals surface area (Å²) in [5.74, 6) is 0. The third-order valence-electron chi connectivity index (χ3n) is 0.272. The molecule has 0 heterocycles. The summed E-state index contributed by atoms with van der Waals surface area (Å²) in [6, 6.07) is 0. The standard InChI is InChI=1S/C3H8N2.C3H6/c1-2-3(4)5;1-3-2/h2-3H,1,4-5H2;3H,1H2,2H3. The maximum Gasteiger partial charge on any atom is 0.0710 e. The Morgan fingerprint density at radius 1 is 1.38 bits per heavy atom. The van der Waals surface area contributed by atoms with Crippen LogP contribution in [-0.2, 0) is 0 Å². The molecular weight excluding hydrogens is 100 g/mol. The molecule has 2 nitrogen and oxygen atoms in total. The predicted molar refractivity (Wildman–Crippen MR) is 38.2 cm³/mol. The molecule has 4 N–H and O–H groups in total. The van der Waals surface area contributed by atoms with Crippen LogP contribution in [0, 0.1) is 0 Å². The van der Waals surface area contributed by atoms with E-state index in [1.165, 1.54) is 6.08 Å². The lowest BCUT2D eigenvalue weighted by atomic mass is 10.5. The van der Waals surface area contributed by atoms with E-state index in [-0.39, 0.29) is 6.17 Å². The van der Waals surface area contributed by atoms with E-state index in [4.69, 9.17) is 11.5 Å². The summed E-state index contributed by atoms with van der Waals surface area (Å²) in [6.45, 7) is 8.56.